The maximum atomic E-state index is 10.7. The van der Waals surface area contributed by atoms with Crippen molar-refractivity contribution in [3.05, 3.63) is 40.6 Å². The highest BCUT2D eigenvalue weighted by Gasteiger charge is 2.13. The number of ether oxygens (including phenoxy) is 2. The minimum Gasteiger partial charge on any atom is -0.493 e. The molecule has 21 heavy (non-hydrogen) atoms. The van der Waals surface area contributed by atoms with E-state index in [0.717, 1.165) is 0 Å². The highest BCUT2D eigenvalue weighted by Crippen LogP contribution is 2.30. The van der Waals surface area contributed by atoms with Gasteiger partial charge in [0.05, 0.1) is 31.3 Å². The number of methoxy groups -OCH3 is 1. The Labute approximate surface area is 121 Å². The number of nitro benzene ring substituents is 1. The first-order valence-electron chi connectivity index (χ1n) is 6.40. The van der Waals surface area contributed by atoms with Crippen molar-refractivity contribution in [2.24, 2.45) is 0 Å². The van der Waals surface area contributed by atoms with Gasteiger partial charge < -0.3 is 19.6 Å². The van der Waals surface area contributed by atoms with Crippen molar-refractivity contribution in [3.63, 3.8) is 0 Å². The first-order chi connectivity index (χ1) is 10.1. The first kappa shape index (κ1) is 15.1. The third-order valence-corrected chi connectivity index (χ3v) is 2.97. The van der Waals surface area contributed by atoms with E-state index in [9.17, 15) is 15.3 Å². The summed E-state index contributed by atoms with van der Waals surface area (Å²) in [6.07, 6.45) is 3.74. The van der Waals surface area contributed by atoms with Gasteiger partial charge in [-0.25, -0.2) is 0 Å². The summed E-state index contributed by atoms with van der Waals surface area (Å²) in [7, 11) is 1.43. The summed E-state index contributed by atoms with van der Waals surface area (Å²) >= 11 is 0. The van der Waals surface area contributed by atoms with E-state index in [4.69, 9.17) is 9.47 Å². The van der Waals surface area contributed by atoms with Crippen LogP contribution >= 0.6 is 0 Å². The topological polar surface area (TPSA) is 88.3 Å². The number of nitro groups is 1. The molecule has 1 N–H and O–H groups in total. The molecule has 114 valence electrons. The van der Waals surface area contributed by atoms with Crippen LogP contribution in [0.2, 0.25) is 0 Å². The molecule has 0 fully saturated rings. The molecule has 1 aliphatic rings. The molecule has 0 radical (unpaired) electrons. The van der Waals surface area contributed by atoms with Crippen LogP contribution in [-0.2, 0) is 0 Å². The molecule has 0 unspecified atom stereocenters. The van der Waals surface area contributed by atoms with Gasteiger partial charge in [0, 0.05) is 12.6 Å². The van der Waals surface area contributed by atoms with E-state index in [1.165, 1.54) is 30.4 Å². The van der Waals surface area contributed by atoms with E-state index in [-0.39, 0.29) is 5.69 Å². The molecule has 0 spiro atoms. The number of non-ortho nitro benzene ring substituents is 1. The van der Waals surface area contributed by atoms with E-state index in [2.05, 4.69) is 0 Å². The molecule has 0 bridgehead atoms. The maximum absolute atomic E-state index is 10.7. The first-order valence-corrected chi connectivity index (χ1v) is 6.40. The average molecular weight is 295 g/mol. The molecule has 0 saturated carbocycles. The van der Waals surface area contributed by atoms with Crippen LogP contribution in [0.4, 0.5) is 5.69 Å². The van der Waals surface area contributed by atoms with E-state index >= 15 is 0 Å². The van der Waals surface area contributed by atoms with Crippen LogP contribution < -0.4 is 9.47 Å². The van der Waals surface area contributed by atoms with Crippen molar-refractivity contribution < 1.29 is 19.6 Å². The van der Waals surface area contributed by atoms with E-state index in [1.54, 1.807) is 0 Å². The molecular formula is C13H17N3O5. The zero-order chi connectivity index (χ0) is 15.2. The Morgan fingerprint density at radius 2 is 2.24 bits per heavy atom. The number of benzene rings is 1. The Bertz CT molecular complexity index is 535. The molecule has 0 aromatic heterocycles. The smallest absolute Gasteiger partial charge is 0.273 e. The number of hydroxylamine groups is 2. The van der Waals surface area contributed by atoms with Crippen molar-refractivity contribution >= 4 is 5.69 Å². The standard InChI is InChI=1S/C13H17N3O5/c1-20-13-9-11(16(18)19)3-4-12(13)21-8-7-14-5-2-6-15(17)10-14/h2-5,9,17H,6-8,10H2,1H3. The number of rotatable bonds is 6. The van der Waals surface area contributed by atoms with Crippen molar-refractivity contribution in [2.75, 3.05) is 33.5 Å². The van der Waals surface area contributed by atoms with Gasteiger partial charge in [0.2, 0.25) is 0 Å². The lowest BCUT2D eigenvalue weighted by molar-refractivity contribution is -0.384. The Morgan fingerprint density at radius 1 is 1.43 bits per heavy atom. The van der Waals surface area contributed by atoms with E-state index < -0.39 is 4.92 Å². The van der Waals surface area contributed by atoms with Crippen molar-refractivity contribution in [2.45, 2.75) is 0 Å². The maximum Gasteiger partial charge on any atom is 0.273 e. The third-order valence-electron chi connectivity index (χ3n) is 2.97. The minimum atomic E-state index is -0.485. The normalized spacial score (nSPS) is 15.0. The van der Waals surface area contributed by atoms with Gasteiger partial charge in [-0.15, -0.1) is 0 Å². The van der Waals surface area contributed by atoms with Gasteiger partial charge in [-0.1, -0.05) is 6.08 Å². The Hall–Kier alpha value is -2.32. The minimum absolute atomic E-state index is 0.0471. The second kappa shape index (κ2) is 6.91. The summed E-state index contributed by atoms with van der Waals surface area (Å²) < 4.78 is 10.7. The van der Waals surface area contributed by atoms with E-state index in [0.29, 0.717) is 37.9 Å². The van der Waals surface area contributed by atoms with Gasteiger partial charge in [0.25, 0.3) is 5.69 Å². The highest BCUT2D eigenvalue weighted by molar-refractivity contribution is 5.48. The molecule has 8 nitrogen and oxygen atoms in total. The molecule has 1 aromatic carbocycles. The Balaban J connectivity index is 1.92. The molecule has 0 saturated heterocycles. The van der Waals surface area contributed by atoms with Gasteiger partial charge in [-0.3, -0.25) is 10.1 Å². The lowest BCUT2D eigenvalue weighted by Gasteiger charge is -2.28. The molecule has 8 heteroatoms. The summed E-state index contributed by atoms with van der Waals surface area (Å²) in [5.41, 5.74) is -0.0471. The molecule has 1 heterocycles. The SMILES string of the molecule is COc1cc([N+](=O)[O-])ccc1OCCN1C=CCN(O)C1. The van der Waals surface area contributed by atoms with Crippen LogP contribution in [0.1, 0.15) is 0 Å². The molecular weight excluding hydrogens is 278 g/mol. The van der Waals surface area contributed by atoms with Crippen molar-refractivity contribution in [1.29, 1.82) is 0 Å². The summed E-state index contributed by atoms with van der Waals surface area (Å²) in [6.45, 7) is 1.87. The molecule has 1 aromatic rings. The van der Waals surface area contributed by atoms with Gasteiger partial charge >= 0.3 is 0 Å². The van der Waals surface area contributed by atoms with E-state index in [1.807, 2.05) is 17.2 Å². The summed E-state index contributed by atoms with van der Waals surface area (Å²) in [5.74, 6) is 0.770. The summed E-state index contributed by atoms with van der Waals surface area (Å²) in [4.78, 5) is 12.1. The second-order valence-corrected chi connectivity index (χ2v) is 4.47. The lowest BCUT2D eigenvalue weighted by Crippen LogP contribution is -2.38. The fourth-order valence-electron chi connectivity index (χ4n) is 1.94. The largest absolute Gasteiger partial charge is 0.493 e. The fraction of sp³-hybridized carbons (Fsp3) is 0.385. The highest BCUT2D eigenvalue weighted by atomic mass is 16.6. The van der Waals surface area contributed by atoms with Gasteiger partial charge in [-0.2, -0.15) is 5.06 Å². The quantitative estimate of drug-likeness (QED) is 0.627. The third kappa shape index (κ3) is 4.07. The van der Waals surface area contributed by atoms with Crippen LogP contribution in [0.25, 0.3) is 0 Å². The lowest BCUT2D eigenvalue weighted by atomic mass is 10.3. The molecule has 0 atom stereocenters. The second-order valence-electron chi connectivity index (χ2n) is 4.47. The Kier molecular flexibility index (Phi) is 4.96. The van der Waals surface area contributed by atoms with Crippen LogP contribution in [0.3, 0.4) is 0 Å². The molecule has 0 aliphatic carbocycles. The van der Waals surface area contributed by atoms with Gasteiger partial charge in [-0.05, 0) is 12.3 Å². The molecule has 2 rings (SSSR count). The van der Waals surface area contributed by atoms with Crippen LogP contribution in [0.5, 0.6) is 11.5 Å². The van der Waals surface area contributed by atoms with Crippen LogP contribution in [0, 0.1) is 10.1 Å². The number of nitrogens with zero attached hydrogens (tertiary/aromatic N) is 3. The molecule has 1 aliphatic heterocycles. The number of hydrogen-bond donors (Lipinski definition) is 1. The van der Waals surface area contributed by atoms with Crippen molar-refractivity contribution in [1.82, 2.24) is 9.96 Å². The van der Waals surface area contributed by atoms with Gasteiger partial charge in [0.15, 0.2) is 11.5 Å². The predicted molar refractivity (Wildman–Crippen MR) is 74.3 cm³/mol. The zero-order valence-electron chi connectivity index (χ0n) is 11.6. The van der Waals surface area contributed by atoms with Crippen LogP contribution in [-0.4, -0.2) is 53.6 Å². The van der Waals surface area contributed by atoms with Crippen LogP contribution in [0.15, 0.2) is 30.5 Å². The predicted octanol–water partition coefficient (Wildman–Crippen LogP) is 1.46. The molecule has 0 amide bonds. The van der Waals surface area contributed by atoms with Gasteiger partial charge in [0.1, 0.15) is 6.61 Å². The number of hydrogen-bond acceptors (Lipinski definition) is 7. The average Bonchev–Trinajstić information content (AvgIpc) is 2.47. The Morgan fingerprint density at radius 3 is 2.90 bits per heavy atom. The zero-order valence-corrected chi connectivity index (χ0v) is 11.6. The van der Waals surface area contributed by atoms with Crippen molar-refractivity contribution in [3.8, 4) is 11.5 Å². The summed E-state index contributed by atoms with van der Waals surface area (Å²) in [6, 6.07) is 4.21. The fourth-order valence-corrected chi connectivity index (χ4v) is 1.94. The monoisotopic (exact) mass is 295 g/mol. The summed E-state index contributed by atoms with van der Waals surface area (Å²) in [5, 5.41) is 21.3.